The molecule has 0 spiro atoms. The third-order valence-corrected chi connectivity index (χ3v) is 5.42. The molecule has 0 aliphatic carbocycles. The summed E-state index contributed by atoms with van der Waals surface area (Å²) in [7, 11) is 0. The van der Waals surface area contributed by atoms with Crippen LogP contribution in [0.2, 0.25) is 0 Å². The Morgan fingerprint density at radius 3 is 2.62 bits per heavy atom. The molecule has 3 aromatic rings. The molecule has 4 N–H and O–H groups in total. The van der Waals surface area contributed by atoms with Crippen molar-refractivity contribution in [3.8, 4) is 11.3 Å². The summed E-state index contributed by atoms with van der Waals surface area (Å²) >= 11 is 0. The van der Waals surface area contributed by atoms with Crippen LogP contribution < -0.4 is 16.4 Å². The van der Waals surface area contributed by atoms with Gasteiger partial charge in [-0.15, -0.1) is 0 Å². The molecule has 1 aliphatic rings. The second-order valence-corrected chi connectivity index (χ2v) is 7.83. The summed E-state index contributed by atoms with van der Waals surface area (Å²) in [5.74, 6) is 0.778. The minimum atomic E-state index is -0.0256. The first-order valence-corrected chi connectivity index (χ1v) is 10.9. The van der Waals surface area contributed by atoms with E-state index in [4.69, 9.17) is 15.5 Å². The Morgan fingerprint density at radius 2 is 1.84 bits per heavy atom. The number of morpholine rings is 1. The zero-order chi connectivity index (χ0) is 22.3. The summed E-state index contributed by atoms with van der Waals surface area (Å²) in [5, 5.41) is 6.39. The van der Waals surface area contributed by atoms with Gasteiger partial charge in [0.25, 0.3) is 0 Å². The molecule has 2 heterocycles. The number of nitrogens with one attached hydrogen (secondary N) is 2. The van der Waals surface area contributed by atoms with Crippen LogP contribution in [-0.4, -0.2) is 48.6 Å². The zero-order valence-electron chi connectivity index (χ0n) is 18.3. The van der Waals surface area contributed by atoms with Gasteiger partial charge in [0.1, 0.15) is 5.82 Å². The first-order valence-electron chi connectivity index (χ1n) is 10.9. The number of aryl methyl sites for hydroxylation is 1. The van der Waals surface area contributed by atoms with Crippen molar-refractivity contribution in [2.24, 2.45) is 0 Å². The van der Waals surface area contributed by atoms with Gasteiger partial charge in [-0.1, -0.05) is 31.2 Å². The van der Waals surface area contributed by atoms with Gasteiger partial charge >= 0.3 is 0 Å². The molecule has 0 saturated carbocycles. The van der Waals surface area contributed by atoms with Gasteiger partial charge in [-0.25, -0.2) is 4.98 Å². The molecule has 7 heteroatoms. The Hall–Kier alpha value is -3.42. The van der Waals surface area contributed by atoms with E-state index in [0.717, 1.165) is 53.5 Å². The molecule has 7 nitrogen and oxygen atoms in total. The smallest absolute Gasteiger partial charge is 0.238 e. The number of carbonyl (C=O) groups is 1. The van der Waals surface area contributed by atoms with Gasteiger partial charge in [-0.2, -0.15) is 0 Å². The van der Waals surface area contributed by atoms with Crippen molar-refractivity contribution in [1.82, 2.24) is 9.88 Å². The summed E-state index contributed by atoms with van der Waals surface area (Å²) < 4.78 is 5.34. The molecular formula is C25H29N5O2. The Morgan fingerprint density at radius 1 is 1.06 bits per heavy atom. The van der Waals surface area contributed by atoms with Crippen molar-refractivity contribution >= 4 is 28.8 Å². The SMILES string of the molecule is CCc1ccc(-c2cccc(NC(=O)CN3CCOCC3)c2)nc1Nc1cccc(N)c1. The fourth-order valence-electron chi connectivity index (χ4n) is 3.71. The van der Waals surface area contributed by atoms with E-state index in [-0.39, 0.29) is 5.91 Å². The lowest BCUT2D eigenvalue weighted by Crippen LogP contribution is -2.41. The largest absolute Gasteiger partial charge is 0.399 e. The van der Waals surface area contributed by atoms with Crippen molar-refractivity contribution in [2.45, 2.75) is 13.3 Å². The number of pyridine rings is 1. The highest BCUT2D eigenvalue weighted by molar-refractivity contribution is 5.93. The van der Waals surface area contributed by atoms with Crippen molar-refractivity contribution in [3.05, 3.63) is 66.2 Å². The van der Waals surface area contributed by atoms with Crippen molar-refractivity contribution in [3.63, 3.8) is 0 Å². The average Bonchev–Trinajstić information content (AvgIpc) is 2.80. The number of rotatable bonds is 7. The fraction of sp³-hybridized carbons (Fsp3) is 0.280. The Balaban J connectivity index is 1.51. The van der Waals surface area contributed by atoms with Crippen LogP contribution in [0.5, 0.6) is 0 Å². The zero-order valence-corrected chi connectivity index (χ0v) is 18.3. The number of hydrogen-bond donors (Lipinski definition) is 3. The maximum Gasteiger partial charge on any atom is 0.238 e. The molecule has 4 rings (SSSR count). The first kappa shape index (κ1) is 21.8. The number of nitrogens with two attached hydrogens (primary N) is 1. The average molecular weight is 432 g/mol. The predicted octanol–water partition coefficient (Wildman–Crippen LogP) is 3.91. The molecule has 1 amide bonds. The molecule has 0 unspecified atom stereocenters. The lowest BCUT2D eigenvalue weighted by atomic mass is 10.1. The van der Waals surface area contributed by atoms with Crippen LogP contribution in [0.3, 0.4) is 0 Å². The molecule has 0 atom stereocenters. The van der Waals surface area contributed by atoms with Crippen LogP contribution >= 0.6 is 0 Å². The highest BCUT2D eigenvalue weighted by atomic mass is 16.5. The molecule has 0 radical (unpaired) electrons. The molecule has 0 bridgehead atoms. The quantitative estimate of drug-likeness (QED) is 0.491. The van der Waals surface area contributed by atoms with Gasteiger partial charge < -0.3 is 21.1 Å². The maximum atomic E-state index is 12.5. The van der Waals surface area contributed by atoms with E-state index in [2.05, 4.69) is 28.5 Å². The van der Waals surface area contributed by atoms with E-state index < -0.39 is 0 Å². The molecular weight excluding hydrogens is 402 g/mol. The van der Waals surface area contributed by atoms with Crippen LogP contribution in [0.1, 0.15) is 12.5 Å². The van der Waals surface area contributed by atoms with Crippen LogP contribution in [0.15, 0.2) is 60.7 Å². The van der Waals surface area contributed by atoms with Crippen LogP contribution in [0, 0.1) is 0 Å². The third-order valence-electron chi connectivity index (χ3n) is 5.42. The van der Waals surface area contributed by atoms with E-state index in [1.807, 2.05) is 54.6 Å². The minimum Gasteiger partial charge on any atom is -0.399 e. The number of hydrogen-bond acceptors (Lipinski definition) is 6. The highest BCUT2D eigenvalue weighted by Crippen LogP contribution is 2.27. The van der Waals surface area contributed by atoms with Crippen molar-refractivity contribution < 1.29 is 9.53 Å². The van der Waals surface area contributed by atoms with E-state index in [9.17, 15) is 4.79 Å². The lowest BCUT2D eigenvalue weighted by Gasteiger charge is -2.25. The van der Waals surface area contributed by atoms with Crippen LogP contribution in [-0.2, 0) is 16.0 Å². The van der Waals surface area contributed by atoms with E-state index in [1.165, 1.54) is 0 Å². The number of benzene rings is 2. The van der Waals surface area contributed by atoms with Gasteiger partial charge in [0.2, 0.25) is 5.91 Å². The van der Waals surface area contributed by atoms with Crippen molar-refractivity contribution in [2.75, 3.05) is 49.2 Å². The molecule has 2 aromatic carbocycles. The number of aromatic nitrogens is 1. The summed E-state index contributed by atoms with van der Waals surface area (Å²) in [4.78, 5) is 19.4. The maximum absolute atomic E-state index is 12.5. The normalized spacial score (nSPS) is 14.2. The number of carbonyl (C=O) groups excluding carboxylic acids is 1. The van der Waals surface area contributed by atoms with Gasteiger partial charge in [0, 0.05) is 35.7 Å². The Labute approximate surface area is 188 Å². The van der Waals surface area contributed by atoms with Crippen LogP contribution in [0.4, 0.5) is 22.9 Å². The molecule has 32 heavy (non-hydrogen) atoms. The van der Waals surface area contributed by atoms with Gasteiger partial charge in [0.05, 0.1) is 25.5 Å². The number of amides is 1. The molecule has 166 valence electrons. The topological polar surface area (TPSA) is 92.5 Å². The molecule has 1 aromatic heterocycles. The first-order chi connectivity index (χ1) is 15.6. The third kappa shape index (κ3) is 5.63. The fourth-order valence-corrected chi connectivity index (χ4v) is 3.71. The van der Waals surface area contributed by atoms with Crippen molar-refractivity contribution in [1.29, 1.82) is 0 Å². The van der Waals surface area contributed by atoms with E-state index >= 15 is 0 Å². The summed E-state index contributed by atoms with van der Waals surface area (Å²) in [6, 6.07) is 19.5. The molecule has 1 fully saturated rings. The second-order valence-electron chi connectivity index (χ2n) is 7.83. The minimum absolute atomic E-state index is 0.0256. The number of ether oxygens (including phenoxy) is 1. The second kappa shape index (κ2) is 10.3. The Kier molecular flexibility index (Phi) is 6.99. The standard InChI is InChI=1S/C25H29N5O2/c1-2-18-9-10-23(29-25(18)28-22-8-4-6-20(26)16-22)19-5-3-7-21(15-19)27-24(31)17-30-11-13-32-14-12-30/h3-10,15-16H,2,11-14,17,26H2,1H3,(H,27,31)(H,28,29). The monoisotopic (exact) mass is 431 g/mol. The summed E-state index contributed by atoms with van der Waals surface area (Å²) in [6.07, 6.45) is 0.857. The van der Waals surface area contributed by atoms with Gasteiger partial charge in [-0.05, 0) is 48.4 Å². The number of nitrogen functional groups attached to an aromatic ring is 1. The number of nitrogens with zero attached hydrogens (tertiary/aromatic N) is 2. The summed E-state index contributed by atoms with van der Waals surface area (Å²) in [5.41, 5.74) is 11.2. The highest BCUT2D eigenvalue weighted by Gasteiger charge is 2.14. The lowest BCUT2D eigenvalue weighted by molar-refractivity contribution is -0.118. The van der Waals surface area contributed by atoms with Gasteiger partial charge in [-0.3, -0.25) is 9.69 Å². The number of anilines is 4. The molecule has 1 aliphatic heterocycles. The van der Waals surface area contributed by atoms with E-state index in [1.54, 1.807) is 0 Å². The summed E-state index contributed by atoms with van der Waals surface area (Å²) in [6.45, 7) is 5.38. The van der Waals surface area contributed by atoms with Crippen LogP contribution in [0.25, 0.3) is 11.3 Å². The predicted molar refractivity (Wildman–Crippen MR) is 129 cm³/mol. The Bertz CT molecular complexity index is 1080. The van der Waals surface area contributed by atoms with Gasteiger partial charge in [0.15, 0.2) is 0 Å². The molecule has 1 saturated heterocycles. The van der Waals surface area contributed by atoms with E-state index in [0.29, 0.717) is 25.4 Å².